The lowest BCUT2D eigenvalue weighted by Gasteiger charge is -2.37. The van der Waals surface area contributed by atoms with Gasteiger partial charge in [0.25, 0.3) is 0 Å². The van der Waals surface area contributed by atoms with Crippen LogP contribution in [0.4, 0.5) is 5.69 Å². The van der Waals surface area contributed by atoms with Crippen LogP contribution in [0.5, 0.6) is 5.75 Å². The number of guanidine groups is 1. The van der Waals surface area contributed by atoms with Crippen LogP contribution < -0.4 is 10.2 Å². The van der Waals surface area contributed by atoms with Gasteiger partial charge in [-0.1, -0.05) is 30.3 Å². The summed E-state index contributed by atoms with van der Waals surface area (Å²) in [7, 11) is 1.81. The van der Waals surface area contributed by atoms with Crippen LogP contribution in [0, 0.1) is 0 Å². The van der Waals surface area contributed by atoms with Crippen LogP contribution in [-0.4, -0.2) is 59.0 Å². The highest BCUT2D eigenvalue weighted by atomic mass is 127. The van der Waals surface area contributed by atoms with Crippen molar-refractivity contribution in [2.24, 2.45) is 4.99 Å². The molecule has 0 amide bonds. The Morgan fingerprint density at radius 2 is 1.73 bits per heavy atom. The minimum absolute atomic E-state index is 0. The summed E-state index contributed by atoms with van der Waals surface area (Å²) in [4.78, 5) is 8.90. The molecule has 0 unspecified atom stereocenters. The predicted octanol–water partition coefficient (Wildman–Crippen LogP) is 3.09. The van der Waals surface area contributed by atoms with E-state index >= 15 is 0 Å². The molecule has 3 aromatic rings. The van der Waals surface area contributed by atoms with E-state index in [1.807, 2.05) is 72.7 Å². The molecule has 8 heteroatoms. The Bertz CT molecular complexity index is 967. The highest BCUT2D eigenvalue weighted by molar-refractivity contribution is 14.0. The first-order chi connectivity index (χ1) is 14.2. The zero-order valence-corrected chi connectivity index (χ0v) is 19.3. The molecule has 0 aliphatic carbocycles. The molecule has 0 bridgehead atoms. The van der Waals surface area contributed by atoms with Crippen molar-refractivity contribution < 1.29 is 5.11 Å². The predicted molar refractivity (Wildman–Crippen MR) is 131 cm³/mol. The number of phenolic OH excluding ortho intramolecular Hbond substituents is 1. The van der Waals surface area contributed by atoms with Crippen molar-refractivity contribution >= 4 is 35.6 Å². The first-order valence-corrected chi connectivity index (χ1v) is 9.82. The number of rotatable bonds is 4. The van der Waals surface area contributed by atoms with Crippen molar-refractivity contribution in [3.05, 3.63) is 72.6 Å². The molecule has 30 heavy (non-hydrogen) atoms. The lowest BCUT2D eigenvalue weighted by Crippen LogP contribution is -2.52. The molecule has 1 fully saturated rings. The maximum Gasteiger partial charge on any atom is 0.194 e. The fraction of sp³-hybridized carbons (Fsp3) is 0.273. The smallest absolute Gasteiger partial charge is 0.194 e. The van der Waals surface area contributed by atoms with Gasteiger partial charge in [-0.15, -0.1) is 24.0 Å². The third-order valence-electron chi connectivity index (χ3n) is 5.12. The second kappa shape index (κ2) is 10.3. The van der Waals surface area contributed by atoms with Gasteiger partial charge in [0.15, 0.2) is 5.96 Å². The van der Waals surface area contributed by atoms with E-state index in [9.17, 15) is 5.11 Å². The fourth-order valence-corrected chi connectivity index (χ4v) is 3.58. The van der Waals surface area contributed by atoms with Crippen molar-refractivity contribution in [3.63, 3.8) is 0 Å². The summed E-state index contributed by atoms with van der Waals surface area (Å²) in [6.07, 6.45) is 3.91. The Hall–Kier alpha value is -2.75. The number of para-hydroxylation sites is 3. The van der Waals surface area contributed by atoms with Crippen LogP contribution in [0.1, 0.15) is 5.56 Å². The van der Waals surface area contributed by atoms with Crippen LogP contribution in [0.2, 0.25) is 0 Å². The molecular formula is C22H27IN6O. The maximum absolute atomic E-state index is 10.1. The summed E-state index contributed by atoms with van der Waals surface area (Å²) in [5.41, 5.74) is 3.04. The Kier molecular flexibility index (Phi) is 7.56. The van der Waals surface area contributed by atoms with Gasteiger partial charge in [0, 0.05) is 51.5 Å². The van der Waals surface area contributed by atoms with Gasteiger partial charge >= 0.3 is 0 Å². The van der Waals surface area contributed by atoms with Crippen LogP contribution in [0.25, 0.3) is 5.69 Å². The van der Waals surface area contributed by atoms with Gasteiger partial charge in [0.1, 0.15) is 5.75 Å². The molecule has 1 aromatic heterocycles. The van der Waals surface area contributed by atoms with Crippen molar-refractivity contribution in [3.8, 4) is 11.4 Å². The Morgan fingerprint density at radius 3 is 2.43 bits per heavy atom. The number of hydrogen-bond donors (Lipinski definition) is 2. The molecule has 158 valence electrons. The van der Waals surface area contributed by atoms with E-state index in [-0.39, 0.29) is 24.0 Å². The topological polar surface area (TPSA) is 68.9 Å². The summed E-state index contributed by atoms with van der Waals surface area (Å²) in [6.45, 7) is 4.03. The Morgan fingerprint density at radius 1 is 1.03 bits per heavy atom. The van der Waals surface area contributed by atoms with E-state index in [0.29, 0.717) is 12.3 Å². The van der Waals surface area contributed by atoms with Crippen LogP contribution in [0.15, 0.2) is 72.0 Å². The van der Waals surface area contributed by atoms with E-state index in [0.717, 1.165) is 49.1 Å². The van der Waals surface area contributed by atoms with Crippen LogP contribution in [-0.2, 0) is 6.54 Å². The van der Waals surface area contributed by atoms with Gasteiger partial charge in [-0.25, -0.2) is 4.68 Å². The normalized spacial score (nSPS) is 14.4. The van der Waals surface area contributed by atoms with E-state index in [2.05, 4.69) is 25.2 Å². The molecule has 0 saturated carbocycles. The summed E-state index contributed by atoms with van der Waals surface area (Å²) >= 11 is 0. The van der Waals surface area contributed by atoms with Gasteiger partial charge in [-0.05, 0) is 24.3 Å². The SMILES string of the molecule is CN=C(NCc1cnn(-c2ccccc2)c1)N1CCN(c2ccccc2O)CC1.I. The maximum atomic E-state index is 10.1. The van der Waals surface area contributed by atoms with Crippen LogP contribution >= 0.6 is 24.0 Å². The van der Waals surface area contributed by atoms with Gasteiger partial charge < -0.3 is 20.2 Å². The van der Waals surface area contributed by atoms with Crippen molar-refractivity contribution in [2.75, 3.05) is 38.1 Å². The monoisotopic (exact) mass is 518 g/mol. The first kappa shape index (κ1) is 21.9. The minimum atomic E-state index is 0. The highest BCUT2D eigenvalue weighted by Crippen LogP contribution is 2.27. The minimum Gasteiger partial charge on any atom is -0.506 e. The molecule has 2 heterocycles. The number of piperazine rings is 1. The molecule has 0 spiro atoms. The molecule has 1 saturated heterocycles. The average Bonchev–Trinajstić information content (AvgIpc) is 3.25. The molecule has 0 radical (unpaired) electrons. The molecule has 2 N–H and O–H groups in total. The first-order valence-electron chi connectivity index (χ1n) is 9.82. The summed E-state index contributed by atoms with van der Waals surface area (Å²) in [5, 5.41) is 18.0. The second-order valence-corrected chi connectivity index (χ2v) is 6.99. The van der Waals surface area contributed by atoms with Gasteiger partial charge in [-0.3, -0.25) is 4.99 Å². The Balaban J connectivity index is 0.00000256. The van der Waals surface area contributed by atoms with Crippen molar-refractivity contribution in [2.45, 2.75) is 6.54 Å². The molecule has 2 aromatic carbocycles. The van der Waals surface area contributed by atoms with Crippen molar-refractivity contribution in [1.29, 1.82) is 0 Å². The highest BCUT2D eigenvalue weighted by Gasteiger charge is 2.21. The Labute approximate surface area is 194 Å². The van der Waals surface area contributed by atoms with E-state index < -0.39 is 0 Å². The van der Waals surface area contributed by atoms with Gasteiger partial charge in [0.2, 0.25) is 0 Å². The third-order valence-corrected chi connectivity index (χ3v) is 5.12. The summed E-state index contributed by atoms with van der Waals surface area (Å²) in [6, 6.07) is 17.6. The lowest BCUT2D eigenvalue weighted by atomic mass is 10.2. The molecule has 1 aliphatic heterocycles. The number of nitrogens with zero attached hydrogens (tertiary/aromatic N) is 5. The number of phenols is 1. The zero-order valence-electron chi connectivity index (χ0n) is 17.0. The largest absolute Gasteiger partial charge is 0.506 e. The van der Waals surface area contributed by atoms with E-state index in [4.69, 9.17) is 0 Å². The summed E-state index contributed by atoms with van der Waals surface area (Å²) < 4.78 is 1.88. The number of hydrogen-bond acceptors (Lipinski definition) is 4. The summed E-state index contributed by atoms with van der Waals surface area (Å²) in [5.74, 6) is 1.22. The number of anilines is 1. The molecule has 1 aliphatic rings. The molecule has 0 atom stereocenters. The molecule has 4 rings (SSSR count). The van der Waals surface area contributed by atoms with E-state index in [1.54, 1.807) is 6.07 Å². The zero-order chi connectivity index (χ0) is 20.1. The average molecular weight is 518 g/mol. The molecular weight excluding hydrogens is 491 g/mol. The molecule has 7 nitrogen and oxygen atoms in total. The number of halogens is 1. The van der Waals surface area contributed by atoms with Crippen LogP contribution in [0.3, 0.4) is 0 Å². The lowest BCUT2D eigenvalue weighted by molar-refractivity contribution is 0.369. The van der Waals surface area contributed by atoms with Crippen molar-refractivity contribution in [1.82, 2.24) is 20.0 Å². The standard InChI is InChI=1S/C22H26N6O.HI/c1-23-22(24-15-18-16-25-28(17-18)19-7-3-2-4-8-19)27-13-11-26(12-14-27)20-9-5-6-10-21(20)29;/h2-10,16-17,29H,11-15H2,1H3,(H,23,24);1H. The number of nitrogens with one attached hydrogen (secondary N) is 1. The third kappa shape index (κ3) is 5.05. The number of aromatic hydroxyl groups is 1. The number of benzene rings is 2. The van der Waals surface area contributed by atoms with Gasteiger partial charge in [-0.2, -0.15) is 5.10 Å². The fourth-order valence-electron chi connectivity index (χ4n) is 3.58. The second-order valence-electron chi connectivity index (χ2n) is 6.99. The number of aromatic nitrogens is 2. The number of aliphatic imine (C=N–C) groups is 1. The quantitative estimate of drug-likeness (QED) is 0.316. The van der Waals surface area contributed by atoms with E-state index in [1.165, 1.54) is 0 Å². The van der Waals surface area contributed by atoms with Gasteiger partial charge in [0.05, 0.1) is 17.6 Å².